The van der Waals surface area contributed by atoms with Crippen LogP contribution in [0.15, 0.2) is 30.3 Å². The van der Waals surface area contributed by atoms with E-state index in [0.29, 0.717) is 5.56 Å². The third-order valence-corrected chi connectivity index (χ3v) is 2.27. The zero-order valence-corrected chi connectivity index (χ0v) is 7.90. The maximum absolute atomic E-state index is 11.5. The first-order valence-electron chi connectivity index (χ1n) is 4.86. The van der Waals surface area contributed by atoms with Gasteiger partial charge in [-0.15, -0.1) is 0 Å². The molecule has 0 aliphatic carbocycles. The van der Waals surface area contributed by atoms with Gasteiger partial charge in [0.2, 0.25) is 0 Å². The number of nitrogens with one attached hydrogen (secondary N) is 1. The molecular formula is C11H13NO2. The van der Waals surface area contributed by atoms with Crippen molar-refractivity contribution in [2.45, 2.75) is 19.1 Å². The number of esters is 1. The first-order valence-corrected chi connectivity index (χ1v) is 4.86. The molecule has 1 saturated heterocycles. The number of carbonyl (C=O) groups excluding carboxylic acids is 1. The lowest BCUT2D eigenvalue weighted by atomic mass is 10.2. The van der Waals surface area contributed by atoms with E-state index in [4.69, 9.17) is 4.74 Å². The van der Waals surface area contributed by atoms with Gasteiger partial charge in [-0.2, -0.15) is 0 Å². The Morgan fingerprint density at radius 2 is 2.14 bits per heavy atom. The zero-order valence-electron chi connectivity index (χ0n) is 7.90. The van der Waals surface area contributed by atoms with Crippen LogP contribution in [0.3, 0.4) is 0 Å². The van der Waals surface area contributed by atoms with E-state index in [2.05, 4.69) is 5.32 Å². The summed E-state index contributed by atoms with van der Waals surface area (Å²) >= 11 is 0. The van der Waals surface area contributed by atoms with E-state index in [1.807, 2.05) is 18.2 Å². The third kappa shape index (κ3) is 2.12. The van der Waals surface area contributed by atoms with Crippen LogP contribution >= 0.6 is 0 Å². The molecule has 1 N–H and O–H groups in total. The standard InChI is InChI=1S/C11H13NO2/c13-11(9-5-2-1-3-6-9)14-10-7-4-8-12-10/h1-3,5-6,10,12H,4,7-8H2. The van der Waals surface area contributed by atoms with Crippen LogP contribution in [0, 0.1) is 0 Å². The Morgan fingerprint density at radius 3 is 2.79 bits per heavy atom. The van der Waals surface area contributed by atoms with Crippen LogP contribution in [0.1, 0.15) is 23.2 Å². The van der Waals surface area contributed by atoms with E-state index in [1.54, 1.807) is 12.1 Å². The maximum atomic E-state index is 11.5. The van der Waals surface area contributed by atoms with Gasteiger partial charge in [0.25, 0.3) is 0 Å². The molecule has 0 amide bonds. The fourth-order valence-corrected chi connectivity index (χ4v) is 1.52. The van der Waals surface area contributed by atoms with Gasteiger partial charge < -0.3 is 4.74 Å². The Labute approximate surface area is 83.1 Å². The summed E-state index contributed by atoms with van der Waals surface area (Å²) < 4.78 is 5.25. The summed E-state index contributed by atoms with van der Waals surface area (Å²) in [5.74, 6) is -0.245. The van der Waals surface area contributed by atoms with Crippen molar-refractivity contribution in [3.63, 3.8) is 0 Å². The summed E-state index contributed by atoms with van der Waals surface area (Å²) in [7, 11) is 0. The first-order chi connectivity index (χ1) is 6.86. The van der Waals surface area contributed by atoms with E-state index in [9.17, 15) is 4.79 Å². The molecule has 1 unspecified atom stereocenters. The zero-order chi connectivity index (χ0) is 9.80. The van der Waals surface area contributed by atoms with Gasteiger partial charge in [0, 0.05) is 0 Å². The van der Waals surface area contributed by atoms with Gasteiger partial charge in [-0.1, -0.05) is 18.2 Å². The van der Waals surface area contributed by atoms with Crippen LogP contribution in [0.2, 0.25) is 0 Å². The van der Waals surface area contributed by atoms with Gasteiger partial charge in [0.05, 0.1) is 5.56 Å². The second kappa shape index (κ2) is 4.24. The Bertz CT molecular complexity index is 304. The highest BCUT2D eigenvalue weighted by molar-refractivity contribution is 5.89. The molecule has 3 heteroatoms. The van der Waals surface area contributed by atoms with Gasteiger partial charge in [-0.05, 0) is 31.5 Å². The average molecular weight is 191 g/mol. The molecule has 1 aromatic carbocycles. The fourth-order valence-electron chi connectivity index (χ4n) is 1.52. The van der Waals surface area contributed by atoms with E-state index >= 15 is 0 Å². The van der Waals surface area contributed by atoms with E-state index in [-0.39, 0.29) is 12.2 Å². The summed E-state index contributed by atoms with van der Waals surface area (Å²) in [6.45, 7) is 0.937. The van der Waals surface area contributed by atoms with Crippen molar-refractivity contribution in [1.29, 1.82) is 0 Å². The van der Waals surface area contributed by atoms with Crippen LogP contribution in [0.25, 0.3) is 0 Å². The quantitative estimate of drug-likeness (QED) is 0.721. The summed E-state index contributed by atoms with van der Waals surface area (Å²) in [5.41, 5.74) is 0.612. The van der Waals surface area contributed by atoms with E-state index < -0.39 is 0 Å². The van der Waals surface area contributed by atoms with Crippen molar-refractivity contribution in [1.82, 2.24) is 5.32 Å². The molecule has 74 valence electrons. The molecule has 1 heterocycles. The highest BCUT2D eigenvalue weighted by atomic mass is 16.6. The summed E-state index contributed by atoms with van der Waals surface area (Å²) in [4.78, 5) is 11.5. The largest absolute Gasteiger partial charge is 0.443 e. The minimum Gasteiger partial charge on any atom is -0.443 e. The number of carbonyl (C=O) groups is 1. The van der Waals surface area contributed by atoms with Crippen molar-refractivity contribution in [2.24, 2.45) is 0 Å². The van der Waals surface area contributed by atoms with E-state index in [1.165, 1.54) is 0 Å². The summed E-state index contributed by atoms with van der Waals surface area (Å²) in [6.07, 6.45) is 1.90. The lowest BCUT2D eigenvalue weighted by Gasteiger charge is -2.11. The fraction of sp³-hybridized carbons (Fsp3) is 0.364. The maximum Gasteiger partial charge on any atom is 0.339 e. The van der Waals surface area contributed by atoms with E-state index in [0.717, 1.165) is 19.4 Å². The monoisotopic (exact) mass is 191 g/mol. The smallest absolute Gasteiger partial charge is 0.339 e. The molecule has 2 rings (SSSR count). The van der Waals surface area contributed by atoms with Gasteiger partial charge in [0.1, 0.15) is 0 Å². The predicted octanol–water partition coefficient (Wildman–Crippen LogP) is 1.55. The van der Waals surface area contributed by atoms with Gasteiger partial charge in [-0.25, -0.2) is 4.79 Å². The molecular weight excluding hydrogens is 178 g/mol. The molecule has 1 atom stereocenters. The van der Waals surface area contributed by atoms with Crippen LogP contribution in [-0.2, 0) is 4.74 Å². The van der Waals surface area contributed by atoms with Crippen molar-refractivity contribution in [2.75, 3.05) is 6.54 Å². The lowest BCUT2D eigenvalue weighted by molar-refractivity contribution is 0.0268. The molecule has 0 bridgehead atoms. The second-order valence-electron chi connectivity index (χ2n) is 3.36. The SMILES string of the molecule is O=C(OC1CCCN1)c1ccccc1. The second-order valence-corrected chi connectivity index (χ2v) is 3.36. The van der Waals surface area contributed by atoms with Crippen molar-refractivity contribution < 1.29 is 9.53 Å². The molecule has 14 heavy (non-hydrogen) atoms. The number of hydrogen-bond acceptors (Lipinski definition) is 3. The van der Waals surface area contributed by atoms with Crippen LogP contribution in [-0.4, -0.2) is 18.7 Å². The first kappa shape index (κ1) is 9.21. The average Bonchev–Trinajstić information content (AvgIpc) is 2.72. The highest BCUT2D eigenvalue weighted by Gasteiger charge is 2.18. The topological polar surface area (TPSA) is 38.3 Å². The molecule has 0 radical (unpaired) electrons. The normalized spacial score (nSPS) is 20.7. The summed E-state index contributed by atoms with van der Waals surface area (Å²) in [6, 6.07) is 9.07. The minimum atomic E-state index is -0.245. The lowest BCUT2D eigenvalue weighted by Crippen LogP contribution is -2.27. The molecule has 1 aliphatic rings. The number of rotatable bonds is 2. The Balaban J connectivity index is 1.95. The third-order valence-electron chi connectivity index (χ3n) is 2.27. The van der Waals surface area contributed by atoms with Crippen LogP contribution in [0.5, 0.6) is 0 Å². The van der Waals surface area contributed by atoms with Crippen LogP contribution < -0.4 is 5.32 Å². The molecule has 1 aromatic rings. The predicted molar refractivity (Wildman–Crippen MR) is 52.9 cm³/mol. The Kier molecular flexibility index (Phi) is 2.79. The number of benzene rings is 1. The van der Waals surface area contributed by atoms with Gasteiger partial charge >= 0.3 is 5.97 Å². The van der Waals surface area contributed by atoms with Gasteiger partial charge in [0.15, 0.2) is 6.23 Å². The minimum absolute atomic E-state index is 0.0947. The summed E-state index contributed by atoms with van der Waals surface area (Å²) in [5, 5.41) is 3.11. The molecule has 3 nitrogen and oxygen atoms in total. The van der Waals surface area contributed by atoms with Crippen molar-refractivity contribution in [3.8, 4) is 0 Å². The van der Waals surface area contributed by atoms with Crippen LogP contribution in [0.4, 0.5) is 0 Å². The van der Waals surface area contributed by atoms with Crippen molar-refractivity contribution in [3.05, 3.63) is 35.9 Å². The molecule has 1 aliphatic heterocycles. The molecule has 0 spiro atoms. The number of hydrogen-bond donors (Lipinski definition) is 1. The number of ether oxygens (including phenoxy) is 1. The Hall–Kier alpha value is -1.35. The molecule has 1 fully saturated rings. The van der Waals surface area contributed by atoms with Gasteiger partial charge in [-0.3, -0.25) is 5.32 Å². The highest BCUT2D eigenvalue weighted by Crippen LogP contribution is 2.09. The Morgan fingerprint density at radius 1 is 1.36 bits per heavy atom. The molecule has 0 saturated carbocycles. The molecule has 0 aromatic heterocycles. The van der Waals surface area contributed by atoms with Crippen molar-refractivity contribution >= 4 is 5.97 Å².